The first-order valence-corrected chi connectivity index (χ1v) is 13.5. The summed E-state index contributed by atoms with van der Waals surface area (Å²) >= 11 is 3.63. The second-order valence-corrected chi connectivity index (χ2v) is 15.5. The lowest BCUT2D eigenvalue weighted by atomic mass is 9.78. The molecule has 0 N–H and O–H groups in total. The van der Waals surface area contributed by atoms with E-state index in [0.29, 0.717) is 0 Å². The molecule has 0 aliphatic rings. The zero-order chi connectivity index (χ0) is 20.1. The van der Waals surface area contributed by atoms with Crippen LogP contribution in [0.2, 0.25) is 19.6 Å². The van der Waals surface area contributed by atoms with Crippen LogP contribution in [0.5, 0.6) is 5.75 Å². The Balaban J connectivity index is 2.86. The third-order valence-corrected chi connectivity index (χ3v) is 6.08. The number of benzene rings is 1. The van der Waals surface area contributed by atoms with Crippen LogP contribution in [0.1, 0.15) is 52.7 Å². The van der Waals surface area contributed by atoms with E-state index in [-0.39, 0.29) is 10.8 Å². The van der Waals surface area contributed by atoms with Crippen LogP contribution < -0.4 is 4.43 Å². The van der Waals surface area contributed by atoms with E-state index in [2.05, 4.69) is 113 Å². The fourth-order valence-electron chi connectivity index (χ4n) is 3.08. The van der Waals surface area contributed by atoms with E-state index in [9.17, 15) is 0 Å². The largest absolute Gasteiger partial charge is 0.544 e. The first-order valence-electron chi connectivity index (χ1n) is 9.31. The lowest BCUT2D eigenvalue weighted by molar-refractivity contribution is 0.478. The Morgan fingerprint density at radius 1 is 0.885 bits per heavy atom. The SMILES string of the molecule is Cn1c(Br)ccc1-c1cc(C(C)(C)C)c(O[Si](C)(C)C)c(C(C)(C)C)c1. The van der Waals surface area contributed by atoms with Gasteiger partial charge >= 0.3 is 0 Å². The lowest BCUT2D eigenvalue weighted by Crippen LogP contribution is -2.32. The number of nitrogens with zero attached hydrogens (tertiary/aromatic N) is 1. The number of hydrogen-bond donors (Lipinski definition) is 0. The van der Waals surface area contributed by atoms with Gasteiger partial charge in [-0.25, -0.2) is 0 Å². The molecule has 144 valence electrons. The van der Waals surface area contributed by atoms with Crippen LogP contribution in [0.15, 0.2) is 28.9 Å². The van der Waals surface area contributed by atoms with Gasteiger partial charge < -0.3 is 8.99 Å². The molecular formula is C22H34BrNOSi. The molecule has 2 rings (SSSR count). The van der Waals surface area contributed by atoms with E-state index in [1.54, 1.807) is 0 Å². The second kappa shape index (κ2) is 6.86. The quantitative estimate of drug-likeness (QED) is 0.462. The topological polar surface area (TPSA) is 14.2 Å². The van der Waals surface area contributed by atoms with Gasteiger partial charge in [0.05, 0.1) is 4.60 Å². The van der Waals surface area contributed by atoms with E-state index in [1.807, 2.05) is 0 Å². The molecule has 0 amide bonds. The molecule has 0 bridgehead atoms. The molecule has 0 saturated carbocycles. The number of halogens is 1. The Labute approximate surface area is 169 Å². The van der Waals surface area contributed by atoms with Crippen molar-refractivity contribution < 1.29 is 4.43 Å². The summed E-state index contributed by atoms with van der Waals surface area (Å²) < 4.78 is 9.94. The van der Waals surface area contributed by atoms with Gasteiger partial charge in [0.2, 0.25) is 8.32 Å². The molecule has 1 aromatic heterocycles. The Morgan fingerprint density at radius 2 is 1.35 bits per heavy atom. The van der Waals surface area contributed by atoms with Crippen molar-refractivity contribution in [2.24, 2.45) is 7.05 Å². The summed E-state index contributed by atoms with van der Waals surface area (Å²) in [4.78, 5) is 0. The van der Waals surface area contributed by atoms with E-state index < -0.39 is 8.32 Å². The van der Waals surface area contributed by atoms with E-state index in [0.717, 1.165) is 10.4 Å². The maximum Gasteiger partial charge on any atom is 0.242 e. The highest BCUT2D eigenvalue weighted by molar-refractivity contribution is 9.10. The van der Waals surface area contributed by atoms with Gasteiger partial charge in [0.1, 0.15) is 5.75 Å². The van der Waals surface area contributed by atoms with Crippen molar-refractivity contribution in [1.82, 2.24) is 4.57 Å². The third-order valence-electron chi connectivity index (χ3n) is 4.47. The minimum Gasteiger partial charge on any atom is -0.544 e. The minimum absolute atomic E-state index is 0.00733. The van der Waals surface area contributed by atoms with Crippen molar-refractivity contribution in [3.63, 3.8) is 0 Å². The van der Waals surface area contributed by atoms with Gasteiger partial charge in [0.25, 0.3) is 0 Å². The molecule has 0 aliphatic heterocycles. The maximum atomic E-state index is 6.67. The van der Waals surface area contributed by atoms with Crippen molar-refractivity contribution >= 4 is 24.2 Å². The first kappa shape index (κ1) is 21.3. The average molecular weight is 437 g/mol. The molecule has 26 heavy (non-hydrogen) atoms. The Kier molecular flexibility index (Phi) is 5.62. The van der Waals surface area contributed by atoms with E-state index in [4.69, 9.17) is 4.43 Å². The standard InChI is InChI=1S/C22H34BrNOSi/c1-21(2,3)16-13-15(18-11-12-19(23)24(18)7)14-17(22(4,5)6)20(16)25-26(8,9)10/h11-14H,1-10H3. The van der Waals surface area contributed by atoms with E-state index >= 15 is 0 Å². The molecule has 4 heteroatoms. The molecule has 0 fully saturated rings. The monoisotopic (exact) mass is 435 g/mol. The van der Waals surface area contributed by atoms with Crippen molar-refractivity contribution in [2.45, 2.75) is 72.0 Å². The van der Waals surface area contributed by atoms with Crippen LogP contribution in [-0.4, -0.2) is 12.9 Å². The number of rotatable bonds is 3. The first-order chi connectivity index (χ1) is 11.6. The summed E-state index contributed by atoms with van der Waals surface area (Å²) in [7, 11) is 0.362. The van der Waals surface area contributed by atoms with Gasteiger partial charge in [-0.3, -0.25) is 0 Å². The van der Waals surface area contributed by atoms with Crippen molar-refractivity contribution in [3.05, 3.63) is 40.0 Å². The number of aromatic nitrogens is 1. The van der Waals surface area contributed by atoms with Crippen LogP contribution in [0.4, 0.5) is 0 Å². The smallest absolute Gasteiger partial charge is 0.242 e. The fourth-order valence-corrected chi connectivity index (χ4v) is 4.24. The van der Waals surface area contributed by atoms with Crippen molar-refractivity contribution in [3.8, 4) is 17.0 Å². The van der Waals surface area contributed by atoms with Crippen LogP contribution in [0, 0.1) is 0 Å². The zero-order valence-corrected chi connectivity index (χ0v) is 20.6. The molecule has 0 atom stereocenters. The molecule has 0 spiro atoms. The summed E-state index contributed by atoms with van der Waals surface area (Å²) in [5.41, 5.74) is 5.06. The summed E-state index contributed by atoms with van der Waals surface area (Å²) in [5, 5.41) is 0. The molecule has 2 nitrogen and oxygen atoms in total. The van der Waals surface area contributed by atoms with Crippen LogP contribution in [0.25, 0.3) is 11.3 Å². The normalized spacial score (nSPS) is 13.2. The van der Waals surface area contributed by atoms with Crippen LogP contribution >= 0.6 is 15.9 Å². The Morgan fingerprint density at radius 3 is 1.65 bits per heavy atom. The summed E-state index contributed by atoms with van der Waals surface area (Å²) in [6.45, 7) is 20.4. The predicted octanol–water partition coefficient (Wildman–Crippen LogP) is 7.26. The molecule has 0 radical (unpaired) electrons. The highest BCUT2D eigenvalue weighted by atomic mass is 79.9. The molecule has 0 aliphatic carbocycles. The predicted molar refractivity (Wildman–Crippen MR) is 120 cm³/mol. The molecular weight excluding hydrogens is 402 g/mol. The Bertz CT molecular complexity index is 766. The molecule has 0 saturated heterocycles. The molecule has 1 heterocycles. The summed E-state index contributed by atoms with van der Waals surface area (Å²) in [5.74, 6) is 1.10. The summed E-state index contributed by atoms with van der Waals surface area (Å²) in [6, 6.07) is 8.94. The lowest BCUT2D eigenvalue weighted by Gasteiger charge is -2.34. The zero-order valence-electron chi connectivity index (χ0n) is 18.0. The van der Waals surface area contributed by atoms with Gasteiger partial charge in [-0.15, -0.1) is 0 Å². The van der Waals surface area contributed by atoms with E-state index in [1.165, 1.54) is 22.4 Å². The van der Waals surface area contributed by atoms with Gasteiger partial charge in [-0.2, -0.15) is 0 Å². The molecule has 0 unspecified atom stereocenters. The number of hydrogen-bond acceptors (Lipinski definition) is 1. The minimum atomic E-state index is -1.73. The highest BCUT2D eigenvalue weighted by Crippen LogP contribution is 2.44. The Hall–Kier alpha value is -1.00. The molecule has 1 aromatic carbocycles. The van der Waals surface area contributed by atoms with Crippen molar-refractivity contribution in [2.75, 3.05) is 0 Å². The highest BCUT2D eigenvalue weighted by Gasteiger charge is 2.31. The van der Waals surface area contributed by atoms with Crippen molar-refractivity contribution in [1.29, 1.82) is 0 Å². The average Bonchev–Trinajstić information content (AvgIpc) is 2.75. The summed E-state index contributed by atoms with van der Waals surface area (Å²) in [6.07, 6.45) is 0. The van der Waals surface area contributed by atoms with Crippen LogP contribution in [0.3, 0.4) is 0 Å². The third kappa shape index (κ3) is 4.64. The maximum absolute atomic E-state index is 6.67. The fraction of sp³-hybridized carbons (Fsp3) is 0.545. The van der Waals surface area contributed by atoms with Gasteiger partial charge in [0, 0.05) is 12.7 Å². The van der Waals surface area contributed by atoms with Gasteiger partial charge in [0.15, 0.2) is 0 Å². The molecule has 2 aromatic rings. The van der Waals surface area contributed by atoms with Gasteiger partial charge in [-0.1, -0.05) is 41.5 Å². The van der Waals surface area contributed by atoms with Gasteiger partial charge in [-0.05, 0) is 87.4 Å². The van der Waals surface area contributed by atoms with Crippen LogP contribution in [-0.2, 0) is 17.9 Å². The second-order valence-electron chi connectivity index (χ2n) is 10.2.